The van der Waals surface area contributed by atoms with Crippen molar-refractivity contribution in [3.63, 3.8) is 0 Å². The predicted molar refractivity (Wildman–Crippen MR) is 166 cm³/mol. The van der Waals surface area contributed by atoms with Gasteiger partial charge in [-0.3, -0.25) is 0 Å². The van der Waals surface area contributed by atoms with Crippen LogP contribution in [0.25, 0.3) is 6.08 Å². The first-order valence-electron chi connectivity index (χ1n) is 13.0. The van der Waals surface area contributed by atoms with Gasteiger partial charge in [0.2, 0.25) is 0 Å². The summed E-state index contributed by atoms with van der Waals surface area (Å²) in [4.78, 5) is 0. The second-order valence-electron chi connectivity index (χ2n) is 10.3. The maximum atomic E-state index is 5.57. The zero-order valence-electron chi connectivity index (χ0n) is 23.0. The van der Waals surface area contributed by atoms with Gasteiger partial charge in [-0.2, -0.15) is 0 Å². The molecule has 0 aliphatic heterocycles. The summed E-state index contributed by atoms with van der Waals surface area (Å²) in [5.41, 5.74) is 6.25. The van der Waals surface area contributed by atoms with Crippen LogP contribution >= 0.6 is 6.60 Å². The van der Waals surface area contributed by atoms with E-state index in [1.807, 2.05) is 0 Å². The van der Waals surface area contributed by atoms with Crippen LogP contribution in [0.2, 0.25) is 0 Å². The SMILES string of the molecule is COc1cc(C)c(/C=C/C(C)=C/CP(C)(c2ccccc2)(c2ccccc2)c2ccccc2)c(C)c1C. The fraction of sp³-hybridized carbons (Fsp3) is 0.200. The van der Waals surface area contributed by atoms with Gasteiger partial charge in [0, 0.05) is 0 Å². The first-order chi connectivity index (χ1) is 17.8. The van der Waals surface area contributed by atoms with Gasteiger partial charge in [-0.05, 0) is 0 Å². The normalized spacial score (nSPS) is 13.4. The van der Waals surface area contributed by atoms with Crippen molar-refractivity contribution in [1.29, 1.82) is 0 Å². The molecule has 0 spiro atoms. The molecule has 2 heteroatoms. The molecule has 4 aromatic carbocycles. The van der Waals surface area contributed by atoms with E-state index >= 15 is 0 Å². The van der Waals surface area contributed by atoms with Crippen LogP contribution in [0.3, 0.4) is 0 Å². The molecule has 0 bridgehead atoms. The number of methoxy groups -OCH3 is 1. The molecule has 1 nitrogen and oxygen atoms in total. The summed E-state index contributed by atoms with van der Waals surface area (Å²) in [6.45, 7) is 8.44. The Hall–Kier alpha value is -3.41. The molecule has 37 heavy (non-hydrogen) atoms. The average Bonchev–Trinajstić information content (AvgIpc) is 2.95. The second-order valence-corrected chi connectivity index (χ2v) is 15.8. The van der Waals surface area contributed by atoms with Crippen molar-refractivity contribution >= 4 is 28.6 Å². The third-order valence-corrected chi connectivity index (χ3v) is 14.3. The van der Waals surface area contributed by atoms with Gasteiger partial charge in [0.15, 0.2) is 0 Å². The van der Waals surface area contributed by atoms with Crippen molar-refractivity contribution < 1.29 is 4.74 Å². The number of hydrogen-bond donors (Lipinski definition) is 0. The van der Waals surface area contributed by atoms with Crippen molar-refractivity contribution in [2.45, 2.75) is 27.7 Å². The minimum absolute atomic E-state index is 0.955. The Kier molecular flexibility index (Phi) is 7.86. The number of aryl methyl sites for hydroxylation is 1. The third-order valence-electron chi connectivity index (χ3n) is 8.08. The molecule has 0 aliphatic rings. The van der Waals surface area contributed by atoms with E-state index < -0.39 is 6.60 Å². The summed E-state index contributed by atoms with van der Waals surface area (Å²) in [6, 6.07) is 35.5. The first-order valence-corrected chi connectivity index (χ1v) is 15.8. The van der Waals surface area contributed by atoms with Gasteiger partial charge in [0.05, 0.1) is 0 Å². The van der Waals surface area contributed by atoms with Crippen LogP contribution in [0.15, 0.2) is 115 Å². The van der Waals surface area contributed by atoms with Crippen molar-refractivity contribution in [1.82, 2.24) is 0 Å². The minimum atomic E-state index is -2.78. The van der Waals surface area contributed by atoms with Gasteiger partial charge >= 0.3 is 224 Å². The van der Waals surface area contributed by atoms with E-state index in [2.05, 4.69) is 150 Å². The molecule has 0 aromatic heterocycles. The molecule has 0 saturated heterocycles. The quantitative estimate of drug-likeness (QED) is 0.175. The third kappa shape index (κ3) is 4.94. The molecule has 4 aromatic rings. The fourth-order valence-electron chi connectivity index (χ4n) is 5.45. The molecule has 0 fully saturated rings. The number of allylic oxidation sites excluding steroid dienone is 3. The summed E-state index contributed by atoms with van der Waals surface area (Å²) in [5.74, 6) is 0.955. The number of hydrogen-bond acceptors (Lipinski definition) is 1. The summed E-state index contributed by atoms with van der Waals surface area (Å²) in [7, 11) is 1.74. The van der Waals surface area contributed by atoms with Crippen molar-refractivity contribution in [2.24, 2.45) is 0 Å². The van der Waals surface area contributed by atoms with Crippen molar-refractivity contribution in [2.75, 3.05) is 19.9 Å². The van der Waals surface area contributed by atoms with Gasteiger partial charge in [-0.15, -0.1) is 0 Å². The Morgan fingerprint density at radius 3 is 1.62 bits per heavy atom. The van der Waals surface area contributed by atoms with Crippen LogP contribution in [0.1, 0.15) is 29.2 Å². The summed E-state index contributed by atoms with van der Waals surface area (Å²) < 4.78 is 5.57. The molecule has 0 heterocycles. The van der Waals surface area contributed by atoms with E-state index in [0.29, 0.717) is 0 Å². The summed E-state index contributed by atoms with van der Waals surface area (Å²) in [6.07, 6.45) is 7.94. The summed E-state index contributed by atoms with van der Waals surface area (Å²) in [5, 5.41) is 4.24. The summed E-state index contributed by atoms with van der Waals surface area (Å²) >= 11 is 0. The van der Waals surface area contributed by atoms with Crippen LogP contribution in [-0.4, -0.2) is 19.9 Å². The monoisotopic (exact) mass is 506 g/mol. The second kappa shape index (κ2) is 10.9. The molecule has 4 rings (SSSR count). The molecule has 0 amide bonds. The number of rotatable bonds is 8. The first kappa shape index (κ1) is 26.6. The van der Waals surface area contributed by atoms with Gasteiger partial charge in [-0.1, -0.05) is 0 Å². The predicted octanol–water partition coefficient (Wildman–Crippen LogP) is 7.74. The molecule has 0 saturated carbocycles. The van der Waals surface area contributed by atoms with Crippen LogP contribution in [0.4, 0.5) is 0 Å². The van der Waals surface area contributed by atoms with Crippen LogP contribution in [0, 0.1) is 20.8 Å². The molecule has 0 unspecified atom stereocenters. The molecular weight excluding hydrogens is 467 g/mol. The Bertz CT molecular complexity index is 1320. The molecule has 190 valence electrons. The van der Waals surface area contributed by atoms with Gasteiger partial charge in [0.25, 0.3) is 0 Å². The molecule has 0 N–H and O–H groups in total. The Morgan fingerprint density at radius 1 is 0.730 bits per heavy atom. The zero-order valence-corrected chi connectivity index (χ0v) is 23.9. The molecule has 0 radical (unpaired) electrons. The number of ether oxygens (including phenoxy) is 1. The fourth-order valence-corrected chi connectivity index (χ4v) is 10.7. The van der Waals surface area contributed by atoms with E-state index in [4.69, 9.17) is 4.74 Å². The Morgan fingerprint density at radius 2 is 1.19 bits per heavy atom. The van der Waals surface area contributed by atoms with E-state index in [9.17, 15) is 0 Å². The molecule has 0 aliphatic carbocycles. The Balaban J connectivity index is 1.84. The Labute approximate surface area is 223 Å². The van der Waals surface area contributed by atoms with Gasteiger partial charge in [-0.25, -0.2) is 0 Å². The van der Waals surface area contributed by atoms with Crippen LogP contribution in [0.5, 0.6) is 5.75 Å². The van der Waals surface area contributed by atoms with Crippen LogP contribution < -0.4 is 20.7 Å². The van der Waals surface area contributed by atoms with Crippen molar-refractivity contribution in [3.05, 3.63) is 137 Å². The maximum absolute atomic E-state index is 5.57. The van der Waals surface area contributed by atoms with Crippen molar-refractivity contribution in [3.8, 4) is 5.75 Å². The van der Waals surface area contributed by atoms with E-state index in [0.717, 1.165) is 11.9 Å². The van der Waals surface area contributed by atoms with E-state index in [-0.39, 0.29) is 0 Å². The van der Waals surface area contributed by atoms with E-state index in [1.54, 1.807) is 7.11 Å². The molecule has 0 atom stereocenters. The van der Waals surface area contributed by atoms with Crippen LogP contribution in [-0.2, 0) is 0 Å². The topological polar surface area (TPSA) is 9.23 Å². The van der Waals surface area contributed by atoms with E-state index in [1.165, 1.54) is 43.7 Å². The number of benzene rings is 4. The van der Waals surface area contributed by atoms with Gasteiger partial charge < -0.3 is 0 Å². The standard InChI is InChI=1S/C35H39OP/c1-27(22-23-34-28(2)26-35(36-5)30(4)29(34)3)24-25-37(6,31-16-10-7-11-17-31,32-18-12-8-13-19-32)33-20-14-9-15-21-33/h7-24,26H,25H2,1-6H3/b23-22+,27-24+. The molecular formula is C35H39OP. The average molecular weight is 507 g/mol. The van der Waals surface area contributed by atoms with Gasteiger partial charge in [0.1, 0.15) is 0 Å². The zero-order chi connectivity index (χ0) is 26.5.